The van der Waals surface area contributed by atoms with E-state index in [1.807, 2.05) is 0 Å². The van der Waals surface area contributed by atoms with Crippen LogP contribution in [0.4, 0.5) is 4.39 Å². The Morgan fingerprint density at radius 1 is 1.38 bits per heavy atom. The standard InChI is InChI=1S/C13H14FNO/c14-10-4-5-12-9(8-16-13(12)6-10)7-15-11-2-1-3-11/h4-6,8,11,15H,1-3,7H2. The number of benzene rings is 1. The molecule has 0 amide bonds. The lowest BCUT2D eigenvalue weighted by atomic mass is 9.93. The number of fused-ring (bicyclic) bond motifs is 1. The van der Waals surface area contributed by atoms with Gasteiger partial charge in [-0.05, 0) is 25.0 Å². The van der Waals surface area contributed by atoms with Gasteiger partial charge in [-0.1, -0.05) is 6.42 Å². The second-order valence-corrected chi connectivity index (χ2v) is 4.41. The summed E-state index contributed by atoms with van der Waals surface area (Å²) in [6, 6.07) is 5.35. The lowest BCUT2D eigenvalue weighted by molar-refractivity contribution is 0.338. The van der Waals surface area contributed by atoms with Crippen LogP contribution in [0, 0.1) is 5.82 Å². The third-order valence-electron chi connectivity index (χ3n) is 3.30. The van der Waals surface area contributed by atoms with Crippen LogP contribution < -0.4 is 5.32 Å². The number of rotatable bonds is 3. The summed E-state index contributed by atoms with van der Waals surface area (Å²) in [6.45, 7) is 0.809. The van der Waals surface area contributed by atoms with Crippen molar-refractivity contribution in [3.8, 4) is 0 Å². The summed E-state index contributed by atoms with van der Waals surface area (Å²) in [6.07, 6.45) is 5.58. The van der Waals surface area contributed by atoms with Gasteiger partial charge >= 0.3 is 0 Å². The molecule has 0 radical (unpaired) electrons. The van der Waals surface area contributed by atoms with Crippen molar-refractivity contribution >= 4 is 11.0 Å². The first-order valence-electron chi connectivity index (χ1n) is 5.72. The molecule has 0 atom stereocenters. The molecule has 3 rings (SSSR count). The smallest absolute Gasteiger partial charge is 0.137 e. The Kier molecular flexibility index (Phi) is 2.40. The fourth-order valence-electron chi connectivity index (χ4n) is 2.06. The Labute approximate surface area is 93.4 Å². The van der Waals surface area contributed by atoms with E-state index in [0.717, 1.165) is 17.5 Å². The average molecular weight is 219 g/mol. The zero-order valence-electron chi connectivity index (χ0n) is 9.00. The van der Waals surface area contributed by atoms with Crippen LogP contribution in [0.1, 0.15) is 24.8 Å². The van der Waals surface area contributed by atoms with Crippen molar-refractivity contribution in [2.24, 2.45) is 0 Å². The van der Waals surface area contributed by atoms with Gasteiger partial charge in [0.2, 0.25) is 0 Å². The lowest BCUT2D eigenvalue weighted by Crippen LogP contribution is -2.34. The van der Waals surface area contributed by atoms with Crippen LogP contribution in [0.5, 0.6) is 0 Å². The van der Waals surface area contributed by atoms with Gasteiger partial charge in [0.05, 0.1) is 6.26 Å². The van der Waals surface area contributed by atoms with E-state index in [1.54, 1.807) is 12.3 Å². The van der Waals surface area contributed by atoms with Gasteiger partial charge in [-0.15, -0.1) is 0 Å². The molecule has 1 aromatic carbocycles. The number of furan rings is 1. The van der Waals surface area contributed by atoms with Crippen molar-refractivity contribution < 1.29 is 8.81 Å². The van der Waals surface area contributed by atoms with Crippen molar-refractivity contribution in [3.05, 3.63) is 35.8 Å². The molecule has 1 heterocycles. The molecular weight excluding hydrogens is 205 g/mol. The topological polar surface area (TPSA) is 25.2 Å². The van der Waals surface area contributed by atoms with E-state index >= 15 is 0 Å². The predicted molar refractivity (Wildman–Crippen MR) is 60.7 cm³/mol. The summed E-state index contributed by atoms with van der Waals surface area (Å²) in [5, 5.41) is 4.48. The summed E-state index contributed by atoms with van der Waals surface area (Å²) >= 11 is 0. The highest BCUT2D eigenvalue weighted by Gasteiger charge is 2.17. The van der Waals surface area contributed by atoms with E-state index in [9.17, 15) is 4.39 Å². The molecule has 1 aliphatic carbocycles. The van der Waals surface area contributed by atoms with Crippen molar-refractivity contribution in [2.75, 3.05) is 0 Å². The van der Waals surface area contributed by atoms with Crippen molar-refractivity contribution in [3.63, 3.8) is 0 Å². The molecule has 3 heteroatoms. The van der Waals surface area contributed by atoms with Gasteiger partial charge in [0.15, 0.2) is 0 Å². The molecule has 1 aromatic heterocycles. The van der Waals surface area contributed by atoms with Crippen LogP contribution in [-0.2, 0) is 6.54 Å². The first-order valence-corrected chi connectivity index (χ1v) is 5.72. The highest BCUT2D eigenvalue weighted by molar-refractivity contribution is 5.80. The zero-order chi connectivity index (χ0) is 11.0. The first-order chi connectivity index (χ1) is 7.83. The van der Waals surface area contributed by atoms with Crippen molar-refractivity contribution in [1.29, 1.82) is 0 Å². The maximum absolute atomic E-state index is 12.9. The fourth-order valence-corrected chi connectivity index (χ4v) is 2.06. The highest BCUT2D eigenvalue weighted by atomic mass is 19.1. The molecule has 16 heavy (non-hydrogen) atoms. The summed E-state index contributed by atoms with van der Waals surface area (Å²) in [4.78, 5) is 0. The minimum atomic E-state index is -0.250. The third kappa shape index (κ3) is 1.71. The Bertz CT molecular complexity index is 502. The fraction of sp³-hybridized carbons (Fsp3) is 0.385. The first kappa shape index (κ1) is 9.85. The highest BCUT2D eigenvalue weighted by Crippen LogP contribution is 2.23. The SMILES string of the molecule is Fc1ccc2c(CNC3CCC3)coc2c1. The molecule has 84 valence electrons. The Hall–Kier alpha value is -1.35. The average Bonchev–Trinajstić information content (AvgIpc) is 2.58. The molecule has 0 saturated heterocycles. The van der Waals surface area contributed by atoms with Crippen LogP contribution >= 0.6 is 0 Å². The van der Waals surface area contributed by atoms with E-state index < -0.39 is 0 Å². The summed E-state index contributed by atoms with van der Waals surface area (Å²) in [5.41, 5.74) is 1.74. The molecule has 2 nitrogen and oxygen atoms in total. The minimum Gasteiger partial charge on any atom is -0.464 e. The number of hydrogen-bond acceptors (Lipinski definition) is 2. The zero-order valence-corrected chi connectivity index (χ0v) is 9.00. The Morgan fingerprint density at radius 2 is 2.25 bits per heavy atom. The number of hydrogen-bond donors (Lipinski definition) is 1. The van der Waals surface area contributed by atoms with Gasteiger partial charge in [-0.2, -0.15) is 0 Å². The molecule has 1 N–H and O–H groups in total. The molecule has 0 bridgehead atoms. The van der Waals surface area contributed by atoms with Gasteiger partial charge in [-0.3, -0.25) is 0 Å². The molecule has 0 spiro atoms. The molecular formula is C13H14FNO. The second kappa shape index (κ2) is 3.91. The predicted octanol–water partition coefficient (Wildman–Crippen LogP) is 3.21. The van der Waals surface area contributed by atoms with E-state index in [4.69, 9.17) is 4.42 Å². The third-order valence-corrected chi connectivity index (χ3v) is 3.30. The number of nitrogens with one attached hydrogen (secondary N) is 1. The maximum atomic E-state index is 12.9. The minimum absolute atomic E-state index is 0.250. The van der Waals surface area contributed by atoms with Crippen molar-refractivity contribution in [2.45, 2.75) is 31.8 Å². The monoisotopic (exact) mass is 219 g/mol. The van der Waals surface area contributed by atoms with E-state index in [1.165, 1.54) is 31.4 Å². The van der Waals surface area contributed by atoms with Gasteiger partial charge < -0.3 is 9.73 Å². The number of halogens is 1. The molecule has 0 aliphatic heterocycles. The van der Waals surface area contributed by atoms with Crippen LogP contribution in [-0.4, -0.2) is 6.04 Å². The summed E-state index contributed by atoms with van der Waals surface area (Å²) in [7, 11) is 0. The normalized spacial score (nSPS) is 16.6. The molecule has 2 aromatic rings. The largest absolute Gasteiger partial charge is 0.464 e. The summed E-state index contributed by atoms with van der Waals surface area (Å²) in [5.74, 6) is -0.250. The second-order valence-electron chi connectivity index (χ2n) is 4.41. The van der Waals surface area contributed by atoms with Gasteiger partial charge in [0.25, 0.3) is 0 Å². The van der Waals surface area contributed by atoms with Gasteiger partial charge in [-0.25, -0.2) is 4.39 Å². The quantitative estimate of drug-likeness (QED) is 0.857. The summed E-state index contributed by atoms with van der Waals surface area (Å²) < 4.78 is 18.3. The van der Waals surface area contributed by atoms with Gasteiger partial charge in [0, 0.05) is 29.6 Å². The van der Waals surface area contributed by atoms with Gasteiger partial charge in [0.1, 0.15) is 11.4 Å². The Balaban J connectivity index is 1.80. The molecule has 0 unspecified atom stereocenters. The Morgan fingerprint density at radius 3 is 3.00 bits per heavy atom. The van der Waals surface area contributed by atoms with E-state index in [0.29, 0.717) is 11.6 Å². The van der Waals surface area contributed by atoms with Crippen LogP contribution in [0.15, 0.2) is 28.9 Å². The lowest BCUT2D eigenvalue weighted by Gasteiger charge is -2.26. The molecule has 1 aliphatic rings. The van der Waals surface area contributed by atoms with Crippen LogP contribution in [0.2, 0.25) is 0 Å². The molecule has 1 saturated carbocycles. The van der Waals surface area contributed by atoms with Crippen LogP contribution in [0.25, 0.3) is 11.0 Å². The van der Waals surface area contributed by atoms with Crippen LogP contribution in [0.3, 0.4) is 0 Å². The van der Waals surface area contributed by atoms with E-state index in [-0.39, 0.29) is 5.82 Å². The van der Waals surface area contributed by atoms with Crippen molar-refractivity contribution in [1.82, 2.24) is 5.32 Å². The van der Waals surface area contributed by atoms with E-state index in [2.05, 4.69) is 5.32 Å². The maximum Gasteiger partial charge on any atom is 0.137 e. The molecule has 1 fully saturated rings.